The van der Waals surface area contributed by atoms with Crippen LogP contribution in [0, 0.1) is 6.92 Å². The average Bonchev–Trinajstić information content (AvgIpc) is 2.19. The van der Waals surface area contributed by atoms with Crippen molar-refractivity contribution >= 4 is 16.7 Å². The second-order valence-corrected chi connectivity index (χ2v) is 4.11. The van der Waals surface area contributed by atoms with Crippen LogP contribution in [0.4, 0.5) is 0 Å². The molecule has 0 bridgehead atoms. The van der Waals surface area contributed by atoms with Crippen LogP contribution in [0.1, 0.15) is 17.5 Å². The highest BCUT2D eigenvalue weighted by atomic mass is 32.2. The van der Waals surface area contributed by atoms with Crippen LogP contribution in [0.5, 0.6) is 0 Å². The average molecular weight is 188 g/mol. The fraction of sp³-hybridized carbons (Fsp3) is 0.167. The predicted molar refractivity (Wildman–Crippen MR) is 60.5 cm³/mol. The van der Waals surface area contributed by atoms with Gasteiger partial charge in [-0.15, -0.1) is 0 Å². The molecule has 0 fully saturated rings. The summed E-state index contributed by atoms with van der Waals surface area (Å²) in [5.74, 6) is 0. The quantitative estimate of drug-likeness (QED) is 0.642. The topological polar surface area (TPSA) is 0 Å². The summed E-state index contributed by atoms with van der Waals surface area (Å²) in [6, 6.07) is 8.65. The number of thioether (sulfide) groups is 1. The first-order chi connectivity index (χ1) is 6.36. The fourth-order valence-corrected chi connectivity index (χ4v) is 2.19. The summed E-state index contributed by atoms with van der Waals surface area (Å²) >= 11 is 1.81. The molecule has 1 aromatic carbocycles. The maximum atomic E-state index is 2.28. The number of hydrogen-bond acceptors (Lipinski definition) is 1. The molecular formula is C12H12S. The highest BCUT2D eigenvalue weighted by Crippen LogP contribution is 2.32. The first-order valence-corrected chi connectivity index (χ1v) is 5.33. The molecule has 1 aliphatic rings. The fourth-order valence-electron chi connectivity index (χ4n) is 1.38. The minimum absolute atomic E-state index is 1.07. The molecule has 0 amide bonds. The number of rotatable bonds is 1. The minimum Gasteiger partial charge on any atom is -0.0981 e. The standard InChI is InChI=1S/C12H12S/c1-10-5-4-6-11(9-10)12-7-2-3-8-13-12/h3-9H,2H2,1H3. The molecule has 1 aliphatic heterocycles. The lowest BCUT2D eigenvalue weighted by molar-refractivity contribution is 1.40. The SMILES string of the molecule is Cc1cccc(C2=CCC=CS2)c1. The Kier molecular flexibility index (Phi) is 2.55. The van der Waals surface area contributed by atoms with Crippen molar-refractivity contribution in [3.8, 4) is 0 Å². The lowest BCUT2D eigenvalue weighted by atomic mass is 10.1. The largest absolute Gasteiger partial charge is 0.0981 e. The highest BCUT2D eigenvalue weighted by Gasteiger charge is 2.02. The van der Waals surface area contributed by atoms with E-state index in [9.17, 15) is 0 Å². The molecule has 0 aliphatic carbocycles. The van der Waals surface area contributed by atoms with Gasteiger partial charge in [0, 0.05) is 4.91 Å². The van der Waals surface area contributed by atoms with Gasteiger partial charge >= 0.3 is 0 Å². The third-order valence-corrected chi connectivity index (χ3v) is 3.02. The van der Waals surface area contributed by atoms with Crippen molar-refractivity contribution in [3.05, 3.63) is 53.0 Å². The maximum Gasteiger partial charge on any atom is 0.0151 e. The molecule has 0 unspecified atom stereocenters. The number of benzene rings is 1. The molecule has 2 rings (SSSR count). The molecule has 0 spiro atoms. The Morgan fingerprint density at radius 3 is 2.92 bits per heavy atom. The van der Waals surface area contributed by atoms with Crippen LogP contribution in [-0.4, -0.2) is 0 Å². The Balaban J connectivity index is 2.30. The second kappa shape index (κ2) is 3.84. The molecule has 0 radical (unpaired) electrons. The molecule has 66 valence electrons. The molecule has 0 atom stereocenters. The smallest absolute Gasteiger partial charge is 0.0151 e. The molecule has 0 aromatic heterocycles. The Hall–Kier alpha value is -0.950. The van der Waals surface area contributed by atoms with Crippen LogP contribution >= 0.6 is 11.8 Å². The van der Waals surface area contributed by atoms with Gasteiger partial charge in [-0.1, -0.05) is 53.7 Å². The molecule has 0 saturated carbocycles. The number of allylic oxidation sites excluding steroid dienone is 2. The molecular weight excluding hydrogens is 176 g/mol. The zero-order valence-electron chi connectivity index (χ0n) is 7.66. The van der Waals surface area contributed by atoms with Gasteiger partial charge in [0.25, 0.3) is 0 Å². The molecule has 1 heteroatoms. The molecule has 0 nitrogen and oxygen atoms in total. The molecule has 1 aromatic rings. The van der Waals surface area contributed by atoms with Crippen molar-refractivity contribution in [1.29, 1.82) is 0 Å². The third kappa shape index (κ3) is 2.04. The van der Waals surface area contributed by atoms with Gasteiger partial charge in [-0.05, 0) is 24.3 Å². The van der Waals surface area contributed by atoms with Crippen LogP contribution in [-0.2, 0) is 0 Å². The van der Waals surface area contributed by atoms with Crippen LogP contribution in [0.25, 0.3) is 4.91 Å². The van der Waals surface area contributed by atoms with E-state index in [4.69, 9.17) is 0 Å². The van der Waals surface area contributed by atoms with Crippen molar-refractivity contribution in [3.63, 3.8) is 0 Å². The normalized spacial score (nSPS) is 15.6. The second-order valence-electron chi connectivity index (χ2n) is 3.16. The first-order valence-electron chi connectivity index (χ1n) is 4.45. The number of hydrogen-bond donors (Lipinski definition) is 0. The van der Waals surface area contributed by atoms with Gasteiger partial charge in [-0.2, -0.15) is 0 Å². The summed E-state index contributed by atoms with van der Waals surface area (Å²) < 4.78 is 0. The van der Waals surface area contributed by atoms with Crippen LogP contribution in [0.2, 0.25) is 0 Å². The minimum atomic E-state index is 1.07. The number of aryl methyl sites for hydroxylation is 1. The first kappa shape index (κ1) is 8.64. The van der Waals surface area contributed by atoms with Gasteiger partial charge in [-0.25, -0.2) is 0 Å². The van der Waals surface area contributed by atoms with Gasteiger partial charge in [0.05, 0.1) is 0 Å². The summed E-state index contributed by atoms with van der Waals surface area (Å²) in [4.78, 5) is 1.38. The van der Waals surface area contributed by atoms with Gasteiger partial charge in [-0.3, -0.25) is 0 Å². The summed E-state index contributed by atoms with van der Waals surface area (Å²) in [6.07, 6.45) is 5.53. The van der Waals surface area contributed by atoms with E-state index in [0.717, 1.165) is 6.42 Å². The van der Waals surface area contributed by atoms with Crippen molar-refractivity contribution in [2.75, 3.05) is 0 Å². The zero-order valence-corrected chi connectivity index (χ0v) is 8.47. The monoisotopic (exact) mass is 188 g/mol. The van der Waals surface area contributed by atoms with E-state index in [1.807, 2.05) is 0 Å². The van der Waals surface area contributed by atoms with E-state index in [2.05, 4.69) is 48.7 Å². The molecule has 0 saturated heterocycles. The Morgan fingerprint density at radius 2 is 2.23 bits per heavy atom. The lowest BCUT2D eigenvalue weighted by Crippen LogP contribution is -1.83. The summed E-state index contributed by atoms with van der Waals surface area (Å²) in [6.45, 7) is 2.13. The third-order valence-electron chi connectivity index (χ3n) is 2.03. The predicted octanol–water partition coefficient (Wildman–Crippen LogP) is 3.99. The van der Waals surface area contributed by atoms with Crippen molar-refractivity contribution < 1.29 is 0 Å². The molecule has 13 heavy (non-hydrogen) atoms. The van der Waals surface area contributed by atoms with Gasteiger partial charge in [0.2, 0.25) is 0 Å². The van der Waals surface area contributed by atoms with Crippen molar-refractivity contribution in [1.82, 2.24) is 0 Å². The van der Waals surface area contributed by atoms with E-state index in [0.29, 0.717) is 0 Å². The van der Waals surface area contributed by atoms with Gasteiger partial charge in [0.15, 0.2) is 0 Å². The van der Waals surface area contributed by atoms with Crippen molar-refractivity contribution in [2.45, 2.75) is 13.3 Å². The summed E-state index contributed by atoms with van der Waals surface area (Å²) in [5.41, 5.74) is 2.67. The molecule has 0 N–H and O–H groups in total. The van der Waals surface area contributed by atoms with Crippen LogP contribution in [0.3, 0.4) is 0 Å². The summed E-state index contributed by atoms with van der Waals surface area (Å²) in [5, 5.41) is 2.16. The Labute approximate surface area is 83.4 Å². The van der Waals surface area contributed by atoms with E-state index in [1.165, 1.54) is 16.0 Å². The molecule has 1 heterocycles. The summed E-state index contributed by atoms with van der Waals surface area (Å²) in [7, 11) is 0. The van der Waals surface area contributed by atoms with Gasteiger partial charge in [0.1, 0.15) is 0 Å². The van der Waals surface area contributed by atoms with Gasteiger partial charge < -0.3 is 0 Å². The van der Waals surface area contributed by atoms with E-state index in [-0.39, 0.29) is 0 Å². The maximum absolute atomic E-state index is 2.28. The van der Waals surface area contributed by atoms with Crippen LogP contribution < -0.4 is 0 Å². The Bertz CT molecular complexity index is 361. The van der Waals surface area contributed by atoms with E-state index < -0.39 is 0 Å². The zero-order chi connectivity index (χ0) is 9.10. The van der Waals surface area contributed by atoms with Crippen LogP contribution in [0.15, 0.2) is 41.8 Å². The lowest BCUT2D eigenvalue weighted by Gasteiger charge is -2.08. The van der Waals surface area contributed by atoms with Crippen molar-refractivity contribution in [2.24, 2.45) is 0 Å². The Morgan fingerprint density at radius 1 is 1.31 bits per heavy atom. The van der Waals surface area contributed by atoms with E-state index in [1.54, 1.807) is 11.8 Å². The highest BCUT2D eigenvalue weighted by molar-refractivity contribution is 8.11. The van der Waals surface area contributed by atoms with E-state index >= 15 is 0 Å².